The molecule has 1 fully saturated rings. The average Bonchev–Trinajstić information content (AvgIpc) is 2.94. The fraction of sp³-hybridized carbons (Fsp3) is 0.900. The number of halogens is 3. The number of alkyl halides is 3. The smallest absolute Gasteiger partial charge is 0.396 e. The van der Waals surface area contributed by atoms with E-state index in [0.29, 0.717) is 13.0 Å². The van der Waals surface area contributed by atoms with Gasteiger partial charge in [-0.15, -0.1) is 0 Å². The highest BCUT2D eigenvalue weighted by Crippen LogP contribution is 2.47. The second kappa shape index (κ2) is 5.68. The lowest BCUT2D eigenvalue weighted by molar-refractivity contribution is -0.128. The molecule has 1 saturated carbocycles. The molecule has 0 aliphatic heterocycles. The van der Waals surface area contributed by atoms with Crippen LogP contribution in [0.5, 0.6) is 0 Å². The lowest BCUT2D eigenvalue weighted by Crippen LogP contribution is -2.40. The van der Waals surface area contributed by atoms with Crippen LogP contribution in [0, 0.1) is 5.41 Å². The van der Waals surface area contributed by atoms with Crippen LogP contribution in [0.1, 0.15) is 19.3 Å². The summed E-state index contributed by atoms with van der Waals surface area (Å²) in [7, 11) is 0. The Morgan fingerprint density at radius 3 is 2.47 bits per heavy atom. The zero-order valence-corrected chi connectivity index (χ0v) is 9.44. The maximum Gasteiger partial charge on any atom is 0.401 e. The number of nitrogens with one attached hydrogen (secondary N) is 2. The Morgan fingerprint density at radius 1 is 1.35 bits per heavy atom. The summed E-state index contributed by atoms with van der Waals surface area (Å²) >= 11 is 0. The zero-order valence-electron chi connectivity index (χ0n) is 9.44. The van der Waals surface area contributed by atoms with E-state index in [1.807, 2.05) is 5.32 Å². The maximum absolute atomic E-state index is 11.8. The van der Waals surface area contributed by atoms with Crippen molar-refractivity contribution in [1.82, 2.24) is 10.6 Å². The van der Waals surface area contributed by atoms with E-state index in [1.165, 1.54) is 0 Å². The Labute approximate surface area is 97.6 Å². The number of carbonyl (C=O) groups excluding carboxylic acids is 1. The van der Waals surface area contributed by atoms with Crippen LogP contribution in [0.25, 0.3) is 0 Å². The van der Waals surface area contributed by atoms with Gasteiger partial charge in [-0.1, -0.05) is 0 Å². The zero-order chi connectivity index (χ0) is 12.9. The summed E-state index contributed by atoms with van der Waals surface area (Å²) in [5, 5.41) is 13.4. The lowest BCUT2D eigenvalue weighted by atomic mass is 10.0. The topological polar surface area (TPSA) is 61.4 Å². The summed E-state index contributed by atoms with van der Waals surface area (Å²) in [6.07, 6.45) is -1.77. The molecule has 7 heteroatoms. The molecule has 0 unspecified atom stereocenters. The van der Waals surface area contributed by atoms with Gasteiger partial charge in [0.25, 0.3) is 0 Å². The molecule has 0 heterocycles. The van der Waals surface area contributed by atoms with E-state index in [9.17, 15) is 18.0 Å². The number of rotatable bonds is 7. The van der Waals surface area contributed by atoms with Gasteiger partial charge in [0.15, 0.2) is 0 Å². The van der Waals surface area contributed by atoms with Crippen molar-refractivity contribution in [3.05, 3.63) is 0 Å². The molecule has 0 radical (unpaired) electrons. The number of hydrogen-bond acceptors (Lipinski definition) is 3. The van der Waals surface area contributed by atoms with Gasteiger partial charge in [0.05, 0.1) is 13.1 Å². The van der Waals surface area contributed by atoms with Gasteiger partial charge in [-0.05, 0) is 24.7 Å². The minimum absolute atomic E-state index is 0.0194. The Hall–Kier alpha value is -0.820. The van der Waals surface area contributed by atoms with E-state index in [2.05, 4.69) is 5.32 Å². The quantitative estimate of drug-likeness (QED) is 0.617. The van der Waals surface area contributed by atoms with E-state index in [0.717, 1.165) is 12.8 Å². The van der Waals surface area contributed by atoms with Crippen molar-refractivity contribution in [1.29, 1.82) is 0 Å². The Morgan fingerprint density at radius 2 is 2.00 bits per heavy atom. The summed E-state index contributed by atoms with van der Waals surface area (Å²) < 4.78 is 35.3. The molecule has 17 heavy (non-hydrogen) atoms. The predicted octanol–water partition coefficient (Wildman–Crippen LogP) is 0.417. The highest BCUT2D eigenvalue weighted by atomic mass is 19.4. The average molecular weight is 254 g/mol. The minimum atomic E-state index is -4.30. The van der Waals surface area contributed by atoms with Crippen LogP contribution < -0.4 is 10.6 Å². The van der Waals surface area contributed by atoms with E-state index in [-0.39, 0.29) is 18.6 Å². The van der Waals surface area contributed by atoms with Gasteiger partial charge in [-0.25, -0.2) is 0 Å². The lowest BCUT2D eigenvalue weighted by Gasteiger charge is -2.15. The third-order valence-corrected chi connectivity index (χ3v) is 2.87. The molecule has 1 aliphatic carbocycles. The van der Waals surface area contributed by atoms with Gasteiger partial charge in [-0.3, -0.25) is 4.79 Å². The first kappa shape index (κ1) is 14.2. The Balaban J connectivity index is 2.10. The highest BCUT2D eigenvalue weighted by Gasteiger charge is 2.41. The van der Waals surface area contributed by atoms with Crippen LogP contribution in [0.4, 0.5) is 13.2 Å². The number of aliphatic hydroxyl groups excluding tert-OH is 1. The first-order chi connectivity index (χ1) is 7.87. The monoisotopic (exact) mass is 254 g/mol. The number of hydrogen-bond donors (Lipinski definition) is 3. The molecular formula is C10H17F3N2O2. The van der Waals surface area contributed by atoms with Gasteiger partial charge in [-0.2, -0.15) is 13.2 Å². The van der Waals surface area contributed by atoms with Crippen LogP contribution in [-0.2, 0) is 4.79 Å². The maximum atomic E-state index is 11.8. The van der Waals surface area contributed by atoms with Crippen LogP contribution >= 0.6 is 0 Å². The third kappa shape index (κ3) is 5.88. The third-order valence-electron chi connectivity index (χ3n) is 2.87. The second-order valence-corrected chi connectivity index (χ2v) is 4.47. The van der Waals surface area contributed by atoms with E-state index in [4.69, 9.17) is 5.11 Å². The molecule has 3 N–H and O–H groups in total. The summed E-state index contributed by atoms with van der Waals surface area (Å²) in [6, 6.07) is 0. The van der Waals surface area contributed by atoms with Crippen molar-refractivity contribution >= 4 is 5.91 Å². The normalized spacial score (nSPS) is 17.9. The van der Waals surface area contributed by atoms with Crippen molar-refractivity contribution in [2.24, 2.45) is 5.41 Å². The van der Waals surface area contributed by atoms with Crippen LogP contribution in [-0.4, -0.2) is 43.4 Å². The van der Waals surface area contributed by atoms with Crippen molar-refractivity contribution in [3.8, 4) is 0 Å². The number of carbonyl (C=O) groups is 1. The molecule has 0 bridgehead atoms. The first-order valence-electron chi connectivity index (χ1n) is 5.52. The molecule has 0 spiro atoms. The molecule has 0 atom stereocenters. The van der Waals surface area contributed by atoms with E-state index < -0.39 is 18.6 Å². The van der Waals surface area contributed by atoms with Crippen LogP contribution in [0.2, 0.25) is 0 Å². The van der Waals surface area contributed by atoms with Crippen molar-refractivity contribution in [3.63, 3.8) is 0 Å². The standard InChI is InChI=1S/C10H17F3N2O2/c11-10(12,13)7-14-5-8(17)15-6-9(1-2-9)3-4-16/h14,16H,1-7H2,(H,15,17). The number of amides is 1. The largest absolute Gasteiger partial charge is 0.401 e. The molecule has 1 rings (SSSR count). The molecule has 1 aliphatic rings. The molecule has 0 aromatic carbocycles. The Kier molecular flexibility index (Phi) is 4.76. The van der Waals surface area contributed by atoms with Gasteiger partial charge in [0.2, 0.25) is 5.91 Å². The van der Waals surface area contributed by atoms with Gasteiger partial charge >= 0.3 is 6.18 Å². The minimum Gasteiger partial charge on any atom is -0.396 e. The van der Waals surface area contributed by atoms with Gasteiger partial charge in [0.1, 0.15) is 0 Å². The fourth-order valence-corrected chi connectivity index (χ4v) is 1.60. The van der Waals surface area contributed by atoms with Crippen LogP contribution in [0.15, 0.2) is 0 Å². The number of aliphatic hydroxyl groups is 1. The summed E-state index contributed by atoms with van der Waals surface area (Å²) in [6.45, 7) is -1.00. The van der Waals surface area contributed by atoms with E-state index >= 15 is 0 Å². The van der Waals surface area contributed by atoms with Crippen molar-refractivity contribution in [2.45, 2.75) is 25.4 Å². The second-order valence-electron chi connectivity index (χ2n) is 4.47. The molecule has 0 aromatic rings. The summed E-state index contributed by atoms with van der Waals surface area (Å²) in [4.78, 5) is 11.2. The van der Waals surface area contributed by atoms with Crippen molar-refractivity contribution < 1.29 is 23.1 Å². The first-order valence-corrected chi connectivity index (χ1v) is 5.52. The van der Waals surface area contributed by atoms with Gasteiger partial charge < -0.3 is 15.7 Å². The van der Waals surface area contributed by atoms with Crippen LogP contribution in [0.3, 0.4) is 0 Å². The fourth-order valence-electron chi connectivity index (χ4n) is 1.60. The SMILES string of the molecule is O=C(CNCC(F)(F)F)NCC1(CCO)CC1. The molecule has 100 valence electrons. The van der Waals surface area contributed by atoms with Gasteiger partial charge in [0, 0.05) is 13.2 Å². The molecule has 0 aromatic heterocycles. The summed E-state index contributed by atoms with van der Waals surface area (Å²) in [5.74, 6) is -0.446. The highest BCUT2D eigenvalue weighted by molar-refractivity contribution is 5.78. The molecule has 4 nitrogen and oxygen atoms in total. The molecule has 1 amide bonds. The van der Waals surface area contributed by atoms with Crippen molar-refractivity contribution in [2.75, 3.05) is 26.2 Å². The molecule has 0 saturated heterocycles. The van der Waals surface area contributed by atoms with E-state index in [1.54, 1.807) is 0 Å². The summed E-state index contributed by atoms with van der Waals surface area (Å²) in [5.41, 5.74) is -0.0194. The molecular weight excluding hydrogens is 237 g/mol. The Bertz CT molecular complexity index is 265. The predicted molar refractivity (Wildman–Crippen MR) is 55.3 cm³/mol.